The normalized spacial score (nSPS) is 15.9. The number of hydrogen-bond acceptors (Lipinski definition) is 10. The molecule has 2 unspecified atom stereocenters. The second kappa shape index (κ2) is 16.5. The fourth-order valence-corrected chi connectivity index (χ4v) is 4.04. The number of carbonyl (C=O) groups is 1. The molecular weight excluding hydrogens is 480 g/mol. The van der Waals surface area contributed by atoms with Crippen molar-refractivity contribution in [3.05, 3.63) is 36.2 Å². The summed E-state index contributed by atoms with van der Waals surface area (Å²) in [5.41, 5.74) is 0.0802. The van der Waals surface area contributed by atoms with Crippen LogP contribution < -0.4 is 0 Å². The third kappa shape index (κ3) is 11.3. The molecule has 0 amide bonds. The van der Waals surface area contributed by atoms with Crippen LogP contribution in [0.15, 0.2) is 27.7 Å². The Bertz CT molecular complexity index is 868. The average Bonchev–Trinajstić information content (AvgIpc) is 3.55. The van der Waals surface area contributed by atoms with E-state index in [1.54, 1.807) is 0 Å². The molecule has 0 saturated carbocycles. The molecule has 0 radical (unpaired) electrons. The Morgan fingerprint density at radius 2 is 1.59 bits per heavy atom. The maximum atomic E-state index is 12.5. The summed E-state index contributed by atoms with van der Waals surface area (Å²) in [5.74, 6) is 0.558. The fraction of sp³-hybridized carbons (Fsp3) is 0.741. The Balaban J connectivity index is 1.80. The molecule has 0 aliphatic rings. The lowest BCUT2D eigenvalue weighted by Gasteiger charge is -2.21. The monoisotopic (exact) mass is 524 g/mol. The lowest BCUT2D eigenvalue weighted by molar-refractivity contribution is -0.149. The summed E-state index contributed by atoms with van der Waals surface area (Å²) in [6.07, 6.45) is 7.74. The van der Waals surface area contributed by atoms with E-state index in [0.717, 1.165) is 18.8 Å². The predicted octanol–water partition coefficient (Wildman–Crippen LogP) is 4.38. The van der Waals surface area contributed by atoms with Gasteiger partial charge in [-0.05, 0) is 19.3 Å². The summed E-state index contributed by atoms with van der Waals surface area (Å²) in [7, 11) is 0. The Morgan fingerprint density at radius 3 is 2.19 bits per heavy atom. The number of oxazole rings is 2. The second-order valence-corrected chi connectivity index (χ2v) is 10.2. The molecule has 2 aromatic rings. The zero-order valence-electron chi connectivity index (χ0n) is 22.3. The van der Waals surface area contributed by atoms with Crippen molar-refractivity contribution < 1.29 is 38.8 Å². The minimum absolute atomic E-state index is 0.0119. The van der Waals surface area contributed by atoms with E-state index in [0.29, 0.717) is 6.42 Å². The SMILES string of the molecule is CC(C)CCCCCCCCCCC(=O)O[C@@H](c1cnco1)c1nc([C@@H](O)C[C@@H](O)C(O)C(C)O)co1. The summed E-state index contributed by atoms with van der Waals surface area (Å²) in [6.45, 7) is 5.85. The standard InChI is InChI=1S/C27H44N2O8/c1-18(2)12-10-8-6-4-5-7-9-11-13-24(33)37-26(23-15-28-17-36-23)27-29-20(16-35-27)21(31)14-22(32)25(34)19(3)30/h15-19,21-22,25-26,30-32,34H,4-14H2,1-3H3/t19?,21-,22+,25?,26-/m0/s1. The minimum Gasteiger partial charge on any atom is -0.445 e. The highest BCUT2D eigenvalue weighted by atomic mass is 16.6. The average molecular weight is 525 g/mol. The van der Waals surface area contributed by atoms with Crippen molar-refractivity contribution in [1.29, 1.82) is 0 Å². The number of nitrogens with zero attached hydrogens (tertiary/aromatic N) is 2. The molecule has 2 aromatic heterocycles. The van der Waals surface area contributed by atoms with E-state index in [-0.39, 0.29) is 30.2 Å². The maximum absolute atomic E-state index is 12.5. The molecule has 0 aliphatic heterocycles. The van der Waals surface area contributed by atoms with Gasteiger partial charge in [0.2, 0.25) is 12.0 Å². The highest BCUT2D eigenvalue weighted by molar-refractivity contribution is 5.69. The molecule has 0 saturated heterocycles. The first kappa shape index (κ1) is 31.0. The predicted molar refractivity (Wildman–Crippen MR) is 135 cm³/mol. The molecule has 0 aromatic carbocycles. The van der Waals surface area contributed by atoms with Crippen molar-refractivity contribution >= 4 is 5.97 Å². The molecule has 0 spiro atoms. The Morgan fingerprint density at radius 1 is 0.946 bits per heavy atom. The molecule has 37 heavy (non-hydrogen) atoms. The summed E-state index contributed by atoms with van der Waals surface area (Å²) in [4.78, 5) is 20.6. The quantitative estimate of drug-likeness (QED) is 0.153. The van der Waals surface area contributed by atoms with Crippen LogP contribution >= 0.6 is 0 Å². The molecular formula is C27H44N2O8. The summed E-state index contributed by atoms with van der Waals surface area (Å²) in [5, 5.41) is 39.5. The molecule has 210 valence electrons. The van der Waals surface area contributed by atoms with Crippen molar-refractivity contribution in [2.24, 2.45) is 5.92 Å². The Hall–Kier alpha value is -2.27. The first-order valence-corrected chi connectivity index (χ1v) is 13.4. The lowest BCUT2D eigenvalue weighted by Crippen LogP contribution is -2.36. The van der Waals surface area contributed by atoms with Gasteiger partial charge in [-0.25, -0.2) is 9.97 Å². The van der Waals surface area contributed by atoms with Gasteiger partial charge in [-0.1, -0.05) is 65.2 Å². The molecule has 10 heteroatoms. The number of carbonyl (C=O) groups excluding carboxylic acids is 1. The number of hydrogen-bond donors (Lipinski definition) is 4. The molecule has 2 rings (SSSR count). The first-order chi connectivity index (χ1) is 17.7. The highest BCUT2D eigenvalue weighted by Crippen LogP contribution is 2.29. The topological polar surface area (TPSA) is 159 Å². The molecule has 2 heterocycles. The minimum atomic E-state index is -1.42. The van der Waals surface area contributed by atoms with Gasteiger partial charge in [0.25, 0.3) is 0 Å². The van der Waals surface area contributed by atoms with Gasteiger partial charge < -0.3 is 34.0 Å². The molecule has 10 nitrogen and oxygen atoms in total. The van der Waals surface area contributed by atoms with Crippen LogP contribution in [0.25, 0.3) is 0 Å². The van der Waals surface area contributed by atoms with E-state index < -0.39 is 36.5 Å². The summed E-state index contributed by atoms with van der Waals surface area (Å²) < 4.78 is 16.3. The molecule has 0 aliphatic carbocycles. The number of aliphatic hydroxyl groups is 4. The van der Waals surface area contributed by atoms with Crippen molar-refractivity contribution in [3.63, 3.8) is 0 Å². The van der Waals surface area contributed by atoms with Crippen LogP contribution in [0.2, 0.25) is 0 Å². The van der Waals surface area contributed by atoms with Gasteiger partial charge >= 0.3 is 5.97 Å². The van der Waals surface area contributed by atoms with Crippen molar-refractivity contribution in [2.45, 2.75) is 122 Å². The third-order valence-corrected chi connectivity index (χ3v) is 6.33. The van der Waals surface area contributed by atoms with Gasteiger partial charge in [0.05, 0.1) is 18.4 Å². The van der Waals surface area contributed by atoms with Crippen LogP contribution in [0.1, 0.15) is 121 Å². The number of rotatable bonds is 19. The lowest BCUT2D eigenvalue weighted by atomic mass is 10.0. The zero-order chi connectivity index (χ0) is 27.2. The molecule has 4 N–H and O–H groups in total. The van der Waals surface area contributed by atoms with Crippen LogP contribution in [-0.2, 0) is 9.53 Å². The van der Waals surface area contributed by atoms with E-state index in [4.69, 9.17) is 13.6 Å². The number of ether oxygens (including phenoxy) is 1. The number of unbranched alkanes of at least 4 members (excludes halogenated alkanes) is 7. The van der Waals surface area contributed by atoms with E-state index in [1.807, 2.05) is 0 Å². The van der Waals surface area contributed by atoms with Crippen LogP contribution in [0.5, 0.6) is 0 Å². The Kier molecular flexibility index (Phi) is 13.8. The maximum Gasteiger partial charge on any atom is 0.307 e. The van der Waals surface area contributed by atoms with Crippen LogP contribution in [-0.4, -0.2) is 54.7 Å². The van der Waals surface area contributed by atoms with Crippen LogP contribution in [0, 0.1) is 5.92 Å². The van der Waals surface area contributed by atoms with Crippen LogP contribution in [0.3, 0.4) is 0 Å². The van der Waals surface area contributed by atoms with E-state index >= 15 is 0 Å². The number of aromatic nitrogens is 2. The fourth-order valence-electron chi connectivity index (χ4n) is 4.04. The largest absolute Gasteiger partial charge is 0.445 e. The van der Waals surface area contributed by atoms with Gasteiger partial charge in [-0.2, -0.15) is 0 Å². The number of aliphatic hydroxyl groups excluding tert-OH is 4. The van der Waals surface area contributed by atoms with E-state index in [1.165, 1.54) is 64.3 Å². The molecule has 5 atom stereocenters. The first-order valence-electron chi connectivity index (χ1n) is 13.4. The molecule has 0 bridgehead atoms. The smallest absolute Gasteiger partial charge is 0.307 e. The van der Waals surface area contributed by atoms with Crippen LogP contribution in [0.4, 0.5) is 0 Å². The van der Waals surface area contributed by atoms with Crippen molar-refractivity contribution in [3.8, 4) is 0 Å². The van der Waals surface area contributed by atoms with E-state index in [2.05, 4.69) is 23.8 Å². The third-order valence-electron chi connectivity index (χ3n) is 6.33. The molecule has 0 fully saturated rings. The van der Waals surface area contributed by atoms with E-state index in [9.17, 15) is 25.2 Å². The van der Waals surface area contributed by atoms with Gasteiger partial charge in [0, 0.05) is 12.8 Å². The van der Waals surface area contributed by atoms with Crippen molar-refractivity contribution in [2.75, 3.05) is 0 Å². The Labute approximate surface area is 219 Å². The van der Waals surface area contributed by atoms with Gasteiger partial charge in [0.1, 0.15) is 24.2 Å². The number of esters is 1. The van der Waals surface area contributed by atoms with Gasteiger partial charge in [-0.15, -0.1) is 0 Å². The summed E-state index contributed by atoms with van der Waals surface area (Å²) in [6, 6.07) is 0. The highest BCUT2D eigenvalue weighted by Gasteiger charge is 2.30. The van der Waals surface area contributed by atoms with Gasteiger partial charge in [-0.3, -0.25) is 4.79 Å². The van der Waals surface area contributed by atoms with Crippen molar-refractivity contribution in [1.82, 2.24) is 9.97 Å². The summed E-state index contributed by atoms with van der Waals surface area (Å²) >= 11 is 0. The zero-order valence-corrected chi connectivity index (χ0v) is 22.3. The second-order valence-electron chi connectivity index (χ2n) is 10.2. The van der Waals surface area contributed by atoms with Gasteiger partial charge in [0.15, 0.2) is 12.2 Å².